The van der Waals surface area contributed by atoms with Crippen LogP contribution < -0.4 is 10.2 Å². The molecule has 1 fully saturated rings. The van der Waals surface area contributed by atoms with Crippen molar-refractivity contribution < 1.29 is 0 Å². The number of hydrogen-bond acceptors (Lipinski definition) is 2. The van der Waals surface area contributed by atoms with Crippen LogP contribution in [0.5, 0.6) is 0 Å². The molecule has 118 valence electrons. The fourth-order valence-corrected chi connectivity index (χ4v) is 3.65. The van der Waals surface area contributed by atoms with E-state index in [2.05, 4.69) is 65.2 Å². The summed E-state index contributed by atoms with van der Waals surface area (Å²) in [6, 6.07) is 6.67. The Morgan fingerprint density at radius 1 is 1.29 bits per heavy atom. The van der Waals surface area contributed by atoms with Gasteiger partial charge < -0.3 is 10.2 Å². The molecule has 1 aromatic carbocycles. The third-order valence-electron chi connectivity index (χ3n) is 4.33. The first-order chi connectivity index (χ1) is 10.1. The number of nitrogens with zero attached hydrogens (tertiary/aromatic N) is 1. The average Bonchev–Trinajstić information content (AvgIpc) is 2.91. The first-order valence-corrected chi connectivity index (χ1v) is 9.06. The van der Waals surface area contributed by atoms with Crippen molar-refractivity contribution >= 4 is 21.6 Å². The van der Waals surface area contributed by atoms with Crippen LogP contribution >= 0.6 is 15.9 Å². The molecule has 0 saturated heterocycles. The minimum atomic E-state index is 0.692. The maximum atomic E-state index is 3.61. The molecule has 2 rings (SSSR count). The highest BCUT2D eigenvalue weighted by atomic mass is 79.9. The molecule has 3 heteroatoms. The van der Waals surface area contributed by atoms with Crippen LogP contribution in [0.15, 0.2) is 22.7 Å². The van der Waals surface area contributed by atoms with E-state index >= 15 is 0 Å². The molecule has 0 unspecified atom stereocenters. The molecular weight excluding hydrogens is 324 g/mol. The third kappa shape index (κ3) is 5.30. The molecule has 0 aromatic heterocycles. The summed E-state index contributed by atoms with van der Waals surface area (Å²) in [4.78, 5) is 2.45. The number of benzene rings is 1. The van der Waals surface area contributed by atoms with Gasteiger partial charge in [-0.3, -0.25) is 0 Å². The van der Waals surface area contributed by atoms with Crippen LogP contribution in [-0.4, -0.2) is 20.1 Å². The molecular formula is C18H29BrN2. The van der Waals surface area contributed by atoms with Gasteiger partial charge >= 0.3 is 0 Å². The maximum absolute atomic E-state index is 3.61. The molecule has 1 N–H and O–H groups in total. The van der Waals surface area contributed by atoms with Gasteiger partial charge in [-0.15, -0.1) is 0 Å². The lowest BCUT2D eigenvalue weighted by atomic mass is 10.1. The molecule has 0 heterocycles. The van der Waals surface area contributed by atoms with Crippen molar-refractivity contribution in [1.82, 2.24) is 5.32 Å². The summed E-state index contributed by atoms with van der Waals surface area (Å²) in [7, 11) is 2.24. The standard InChI is InChI=1S/C18H29BrN2/c1-14(2)11-20-12-16-10-17(19)8-9-18(16)21(3)13-15-6-4-5-7-15/h8-10,14-15,20H,4-7,11-13H2,1-3H3. The Morgan fingerprint density at radius 3 is 2.67 bits per heavy atom. The fraction of sp³-hybridized carbons (Fsp3) is 0.667. The summed E-state index contributed by atoms with van der Waals surface area (Å²) < 4.78 is 1.17. The molecule has 0 amide bonds. The minimum absolute atomic E-state index is 0.692. The van der Waals surface area contributed by atoms with Gasteiger partial charge in [0.25, 0.3) is 0 Å². The second kappa shape index (κ2) is 8.19. The quantitative estimate of drug-likeness (QED) is 0.756. The van der Waals surface area contributed by atoms with Crippen molar-refractivity contribution in [2.75, 3.05) is 25.0 Å². The highest BCUT2D eigenvalue weighted by Crippen LogP contribution is 2.29. The van der Waals surface area contributed by atoms with Gasteiger partial charge in [-0.1, -0.05) is 42.6 Å². The number of hydrogen-bond donors (Lipinski definition) is 1. The van der Waals surface area contributed by atoms with Gasteiger partial charge in [0, 0.05) is 30.3 Å². The molecule has 0 bridgehead atoms. The van der Waals surface area contributed by atoms with Crippen LogP contribution in [0.2, 0.25) is 0 Å². The van der Waals surface area contributed by atoms with E-state index in [4.69, 9.17) is 0 Å². The molecule has 1 aliphatic carbocycles. The van der Waals surface area contributed by atoms with Gasteiger partial charge in [0.15, 0.2) is 0 Å². The van der Waals surface area contributed by atoms with E-state index in [1.165, 1.54) is 48.0 Å². The van der Waals surface area contributed by atoms with Gasteiger partial charge in [-0.2, -0.15) is 0 Å². The SMILES string of the molecule is CC(C)CNCc1cc(Br)ccc1N(C)CC1CCCC1. The van der Waals surface area contributed by atoms with Gasteiger partial charge in [0.2, 0.25) is 0 Å². The Kier molecular flexibility index (Phi) is 6.56. The molecule has 1 aromatic rings. The van der Waals surface area contributed by atoms with Crippen LogP contribution in [0.25, 0.3) is 0 Å². The number of nitrogens with one attached hydrogen (secondary N) is 1. The number of anilines is 1. The lowest BCUT2D eigenvalue weighted by Crippen LogP contribution is -2.26. The van der Waals surface area contributed by atoms with E-state index in [1.54, 1.807) is 0 Å². The van der Waals surface area contributed by atoms with Crippen molar-refractivity contribution in [1.29, 1.82) is 0 Å². The Balaban J connectivity index is 2.02. The van der Waals surface area contributed by atoms with Crippen molar-refractivity contribution in [3.05, 3.63) is 28.2 Å². The first kappa shape index (κ1) is 16.8. The van der Waals surface area contributed by atoms with E-state index in [0.717, 1.165) is 19.0 Å². The van der Waals surface area contributed by atoms with Crippen molar-refractivity contribution in [2.45, 2.75) is 46.1 Å². The topological polar surface area (TPSA) is 15.3 Å². The predicted octanol–water partition coefficient (Wildman–Crippen LogP) is 4.82. The van der Waals surface area contributed by atoms with E-state index in [9.17, 15) is 0 Å². The van der Waals surface area contributed by atoms with Crippen LogP contribution in [-0.2, 0) is 6.54 Å². The van der Waals surface area contributed by atoms with Crippen LogP contribution in [0.1, 0.15) is 45.1 Å². The van der Waals surface area contributed by atoms with E-state index in [0.29, 0.717) is 5.92 Å². The smallest absolute Gasteiger partial charge is 0.0410 e. The molecule has 2 nitrogen and oxygen atoms in total. The zero-order chi connectivity index (χ0) is 15.2. The van der Waals surface area contributed by atoms with Gasteiger partial charge in [0.1, 0.15) is 0 Å². The Hall–Kier alpha value is -0.540. The first-order valence-electron chi connectivity index (χ1n) is 8.26. The highest BCUT2D eigenvalue weighted by molar-refractivity contribution is 9.10. The zero-order valence-electron chi connectivity index (χ0n) is 13.7. The lowest BCUT2D eigenvalue weighted by molar-refractivity contribution is 0.540. The average molecular weight is 353 g/mol. The molecule has 0 atom stereocenters. The predicted molar refractivity (Wildman–Crippen MR) is 95.9 cm³/mol. The summed E-state index contributed by atoms with van der Waals surface area (Å²) in [6.07, 6.45) is 5.65. The maximum Gasteiger partial charge on any atom is 0.0410 e. The lowest BCUT2D eigenvalue weighted by Gasteiger charge is -2.26. The van der Waals surface area contributed by atoms with Crippen LogP contribution in [0, 0.1) is 11.8 Å². The largest absolute Gasteiger partial charge is 0.374 e. The number of halogens is 1. The number of rotatable bonds is 7. The molecule has 21 heavy (non-hydrogen) atoms. The summed E-state index contributed by atoms with van der Waals surface area (Å²) in [6.45, 7) is 7.71. The Morgan fingerprint density at radius 2 is 2.00 bits per heavy atom. The zero-order valence-corrected chi connectivity index (χ0v) is 15.2. The second-order valence-electron chi connectivity index (χ2n) is 6.83. The van der Waals surface area contributed by atoms with Gasteiger partial charge in [-0.05, 0) is 55.0 Å². The molecule has 1 saturated carbocycles. The van der Waals surface area contributed by atoms with E-state index < -0.39 is 0 Å². The van der Waals surface area contributed by atoms with Crippen molar-refractivity contribution in [2.24, 2.45) is 11.8 Å². The molecule has 0 aliphatic heterocycles. The fourth-order valence-electron chi connectivity index (χ4n) is 3.24. The molecule has 1 aliphatic rings. The normalized spacial score (nSPS) is 15.9. The van der Waals surface area contributed by atoms with Gasteiger partial charge in [-0.25, -0.2) is 0 Å². The Labute approximate surface area is 138 Å². The summed E-state index contributed by atoms with van der Waals surface area (Å²) >= 11 is 3.61. The highest BCUT2D eigenvalue weighted by Gasteiger charge is 2.18. The van der Waals surface area contributed by atoms with Crippen molar-refractivity contribution in [3.63, 3.8) is 0 Å². The summed E-state index contributed by atoms with van der Waals surface area (Å²) in [5, 5.41) is 3.57. The molecule has 0 spiro atoms. The molecule has 0 radical (unpaired) electrons. The summed E-state index contributed by atoms with van der Waals surface area (Å²) in [5.41, 5.74) is 2.77. The summed E-state index contributed by atoms with van der Waals surface area (Å²) in [5.74, 6) is 1.58. The van der Waals surface area contributed by atoms with Crippen LogP contribution in [0.3, 0.4) is 0 Å². The van der Waals surface area contributed by atoms with Gasteiger partial charge in [0.05, 0.1) is 0 Å². The second-order valence-corrected chi connectivity index (χ2v) is 7.74. The third-order valence-corrected chi connectivity index (χ3v) is 4.82. The van der Waals surface area contributed by atoms with E-state index in [-0.39, 0.29) is 0 Å². The monoisotopic (exact) mass is 352 g/mol. The van der Waals surface area contributed by atoms with E-state index in [1.807, 2.05) is 0 Å². The van der Waals surface area contributed by atoms with Crippen LogP contribution in [0.4, 0.5) is 5.69 Å². The Bertz CT molecular complexity index is 439. The van der Waals surface area contributed by atoms with Crippen molar-refractivity contribution in [3.8, 4) is 0 Å². The minimum Gasteiger partial charge on any atom is -0.374 e.